The number of rotatable bonds is 5. The molecular formula is C21H21BFNO3S. The molecule has 2 aromatic rings. The number of halogens is 1. The first-order chi connectivity index (χ1) is 13.1. The maximum atomic E-state index is 14.7. The number of benzene rings is 2. The predicted octanol–water partition coefficient (Wildman–Crippen LogP) is 3.99. The Kier molecular flexibility index (Phi) is 5.41. The molecule has 144 valence electrons. The molecule has 0 bridgehead atoms. The van der Waals surface area contributed by atoms with Crippen LogP contribution in [-0.4, -0.2) is 26.4 Å². The largest absolute Gasteiger partial charge is 0.305 e. The van der Waals surface area contributed by atoms with Gasteiger partial charge < -0.3 is 4.79 Å². The second kappa shape index (κ2) is 7.49. The number of allylic oxidation sites excluding steroid dienone is 2. The Hall–Kier alpha value is -2.51. The van der Waals surface area contributed by atoms with Crippen molar-refractivity contribution < 1.29 is 17.6 Å². The van der Waals surface area contributed by atoms with Crippen molar-refractivity contribution in [3.05, 3.63) is 77.9 Å². The molecule has 2 aromatic carbocycles. The van der Waals surface area contributed by atoms with Crippen LogP contribution in [0.5, 0.6) is 0 Å². The molecule has 28 heavy (non-hydrogen) atoms. The van der Waals surface area contributed by atoms with Gasteiger partial charge in [0.25, 0.3) is 6.71 Å². The lowest BCUT2D eigenvalue weighted by Gasteiger charge is -2.21. The van der Waals surface area contributed by atoms with Crippen molar-refractivity contribution in [2.75, 3.05) is 0 Å². The van der Waals surface area contributed by atoms with Crippen LogP contribution < -0.4 is 4.72 Å². The fraction of sp³-hybridized carbons (Fsp3) is 0.190. The van der Waals surface area contributed by atoms with Crippen molar-refractivity contribution in [2.45, 2.75) is 31.2 Å². The highest BCUT2D eigenvalue weighted by Gasteiger charge is 2.26. The molecule has 0 aliphatic carbocycles. The standard InChI is InChI=1S/C21H21BFNO3S/c1-21(2,3)24-28(26,27)19-9-5-4-8-16(19)15-10-11-17(18(23)14-15)20(25)22-12-6-7-13-22/h4-14,24H,1-3H3. The molecule has 1 heterocycles. The van der Waals surface area contributed by atoms with E-state index in [0.717, 1.165) is 0 Å². The SMILES string of the molecule is CC(C)(C)NS(=O)(=O)c1ccccc1-c1ccc(C(=O)B2C=CC=C2)c(F)c1. The summed E-state index contributed by atoms with van der Waals surface area (Å²) in [6.07, 6.45) is 3.50. The molecule has 4 nitrogen and oxygen atoms in total. The van der Waals surface area contributed by atoms with Crippen LogP contribution >= 0.6 is 0 Å². The Morgan fingerprint density at radius 1 is 1.04 bits per heavy atom. The van der Waals surface area contributed by atoms with E-state index >= 15 is 0 Å². The van der Waals surface area contributed by atoms with E-state index in [1.54, 1.807) is 69.1 Å². The van der Waals surface area contributed by atoms with E-state index in [-0.39, 0.29) is 16.1 Å². The molecule has 0 saturated heterocycles. The van der Waals surface area contributed by atoms with Crippen molar-refractivity contribution in [3.8, 4) is 11.1 Å². The zero-order chi connectivity index (χ0) is 20.5. The summed E-state index contributed by atoms with van der Waals surface area (Å²) in [6, 6.07) is 10.6. The normalized spacial score (nSPS) is 13.9. The number of hydrogen-bond donors (Lipinski definition) is 1. The molecule has 3 rings (SSSR count). The van der Waals surface area contributed by atoms with Crippen LogP contribution in [-0.2, 0) is 10.0 Å². The molecule has 1 N–H and O–H groups in total. The molecule has 0 atom stereocenters. The quantitative estimate of drug-likeness (QED) is 0.776. The minimum atomic E-state index is -3.81. The van der Waals surface area contributed by atoms with Crippen LogP contribution in [0, 0.1) is 5.82 Å². The lowest BCUT2D eigenvalue weighted by Crippen LogP contribution is -2.40. The van der Waals surface area contributed by atoms with E-state index in [9.17, 15) is 17.6 Å². The van der Waals surface area contributed by atoms with Crippen LogP contribution in [0.1, 0.15) is 31.1 Å². The van der Waals surface area contributed by atoms with Gasteiger partial charge in [-0.15, -0.1) is 12.0 Å². The van der Waals surface area contributed by atoms with Crippen molar-refractivity contribution in [1.82, 2.24) is 4.72 Å². The lowest BCUT2D eigenvalue weighted by molar-refractivity contribution is 0.107. The average Bonchev–Trinajstić information content (AvgIpc) is 3.14. The Morgan fingerprint density at radius 3 is 2.29 bits per heavy atom. The second-order valence-electron chi connectivity index (χ2n) is 7.71. The molecule has 0 radical (unpaired) electrons. The fourth-order valence-electron chi connectivity index (χ4n) is 3.07. The zero-order valence-corrected chi connectivity index (χ0v) is 16.8. The smallest absolute Gasteiger partial charge is 0.280 e. The van der Waals surface area contributed by atoms with E-state index in [1.807, 2.05) is 0 Å². The first-order valence-corrected chi connectivity index (χ1v) is 10.4. The molecule has 1 aliphatic rings. The van der Waals surface area contributed by atoms with Gasteiger partial charge >= 0.3 is 0 Å². The second-order valence-corrected chi connectivity index (χ2v) is 9.36. The molecule has 0 amide bonds. The monoisotopic (exact) mass is 397 g/mol. The lowest BCUT2D eigenvalue weighted by atomic mass is 9.47. The van der Waals surface area contributed by atoms with Crippen LogP contribution in [0.2, 0.25) is 0 Å². The molecule has 7 heteroatoms. The van der Waals surface area contributed by atoms with Crippen LogP contribution in [0.25, 0.3) is 11.1 Å². The van der Waals surface area contributed by atoms with Crippen LogP contribution in [0.4, 0.5) is 4.39 Å². The van der Waals surface area contributed by atoms with Gasteiger partial charge in [0, 0.05) is 16.7 Å². The maximum Gasteiger partial charge on any atom is 0.280 e. The van der Waals surface area contributed by atoms with Gasteiger partial charge in [0.2, 0.25) is 10.0 Å². The van der Waals surface area contributed by atoms with Gasteiger partial charge in [0.05, 0.1) is 4.90 Å². The molecular weight excluding hydrogens is 376 g/mol. The molecule has 0 fully saturated rings. The topological polar surface area (TPSA) is 63.2 Å². The van der Waals surface area contributed by atoms with Gasteiger partial charge in [0.15, 0.2) is 0 Å². The van der Waals surface area contributed by atoms with Crippen molar-refractivity contribution >= 4 is 22.4 Å². The number of sulfonamides is 1. The summed E-state index contributed by atoms with van der Waals surface area (Å²) in [5.41, 5.74) is -0.239. The summed E-state index contributed by atoms with van der Waals surface area (Å²) < 4.78 is 42.9. The number of nitrogens with one attached hydrogen (secondary N) is 1. The van der Waals surface area contributed by atoms with Crippen LogP contribution in [0.3, 0.4) is 0 Å². The molecule has 0 spiro atoms. The first-order valence-electron chi connectivity index (χ1n) is 8.91. The molecule has 0 saturated carbocycles. The van der Waals surface area contributed by atoms with E-state index in [1.165, 1.54) is 18.2 Å². The van der Waals surface area contributed by atoms with Gasteiger partial charge in [-0.1, -0.05) is 36.4 Å². The number of carbonyl (C=O) groups is 1. The summed E-state index contributed by atoms with van der Waals surface area (Å²) in [7, 11) is -3.81. The van der Waals surface area contributed by atoms with Gasteiger partial charge in [-0.05, 0) is 44.5 Å². The summed E-state index contributed by atoms with van der Waals surface area (Å²) >= 11 is 0. The average molecular weight is 397 g/mol. The maximum absolute atomic E-state index is 14.7. The van der Waals surface area contributed by atoms with Gasteiger partial charge in [-0.25, -0.2) is 17.5 Å². The van der Waals surface area contributed by atoms with Crippen LogP contribution in [0.15, 0.2) is 71.5 Å². The summed E-state index contributed by atoms with van der Waals surface area (Å²) in [5.74, 6) is 2.73. The highest BCUT2D eigenvalue weighted by atomic mass is 32.2. The van der Waals surface area contributed by atoms with Gasteiger partial charge in [-0.2, -0.15) is 0 Å². The van der Waals surface area contributed by atoms with E-state index in [2.05, 4.69) is 4.72 Å². The van der Waals surface area contributed by atoms with E-state index in [0.29, 0.717) is 11.1 Å². The number of carbonyl (C=O) groups excluding carboxylic acids is 1. The van der Waals surface area contributed by atoms with Crippen molar-refractivity contribution in [1.29, 1.82) is 0 Å². The van der Waals surface area contributed by atoms with Gasteiger partial charge in [0.1, 0.15) is 11.5 Å². The molecule has 0 aromatic heterocycles. The number of hydrogen-bond acceptors (Lipinski definition) is 3. The third-order valence-corrected chi connectivity index (χ3v) is 6.03. The Morgan fingerprint density at radius 2 is 1.68 bits per heavy atom. The zero-order valence-electron chi connectivity index (χ0n) is 15.9. The van der Waals surface area contributed by atoms with E-state index in [4.69, 9.17) is 0 Å². The minimum Gasteiger partial charge on any atom is -0.305 e. The Labute approximate surface area is 165 Å². The summed E-state index contributed by atoms with van der Waals surface area (Å²) in [5, 5.41) is 0. The fourth-order valence-corrected chi connectivity index (χ4v) is 4.72. The highest BCUT2D eigenvalue weighted by molar-refractivity contribution is 7.89. The Balaban J connectivity index is 2.01. The van der Waals surface area contributed by atoms with Crippen molar-refractivity contribution in [3.63, 3.8) is 0 Å². The third-order valence-electron chi connectivity index (χ3n) is 4.21. The first kappa shape index (κ1) is 20.2. The third kappa shape index (κ3) is 4.31. The molecule has 0 unspecified atom stereocenters. The highest BCUT2D eigenvalue weighted by Crippen LogP contribution is 2.29. The molecule has 1 aliphatic heterocycles. The summed E-state index contributed by atoms with van der Waals surface area (Å²) in [4.78, 5) is 12.5. The summed E-state index contributed by atoms with van der Waals surface area (Å²) in [6.45, 7) is 4.78. The van der Waals surface area contributed by atoms with E-state index < -0.39 is 28.1 Å². The minimum absolute atomic E-state index is 0.0156. The Bertz CT molecular complexity index is 1070. The predicted molar refractivity (Wildman–Crippen MR) is 110 cm³/mol. The van der Waals surface area contributed by atoms with Gasteiger partial charge in [-0.3, -0.25) is 0 Å². The van der Waals surface area contributed by atoms with Crippen molar-refractivity contribution in [2.24, 2.45) is 0 Å².